The highest BCUT2D eigenvalue weighted by molar-refractivity contribution is 5.72. The fourth-order valence-corrected chi connectivity index (χ4v) is 4.47. The van der Waals surface area contributed by atoms with Gasteiger partial charge in [-0.05, 0) is 63.3 Å². The van der Waals surface area contributed by atoms with Crippen LogP contribution in [-0.4, -0.2) is 72.9 Å². The zero-order valence-corrected chi connectivity index (χ0v) is 19.0. The van der Waals surface area contributed by atoms with Gasteiger partial charge in [-0.1, -0.05) is 0 Å². The molecule has 2 aliphatic rings. The Labute approximate surface area is 189 Å². The molecule has 0 aromatic heterocycles. The molecule has 2 fully saturated rings. The van der Waals surface area contributed by atoms with Crippen LogP contribution < -0.4 is 15.8 Å². The van der Waals surface area contributed by atoms with Gasteiger partial charge in [0.2, 0.25) is 0 Å². The van der Waals surface area contributed by atoms with Crippen LogP contribution in [0.15, 0.2) is 24.3 Å². The Morgan fingerprint density at radius 1 is 1.19 bits per heavy atom. The van der Waals surface area contributed by atoms with Crippen molar-refractivity contribution < 1.29 is 19.1 Å². The van der Waals surface area contributed by atoms with E-state index in [0.29, 0.717) is 42.8 Å². The first-order chi connectivity index (χ1) is 15.1. The van der Waals surface area contributed by atoms with E-state index in [4.69, 9.17) is 20.5 Å². The van der Waals surface area contributed by atoms with Gasteiger partial charge in [0.05, 0.1) is 17.7 Å². The lowest BCUT2D eigenvalue weighted by molar-refractivity contribution is 0.0315. The Morgan fingerprint density at radius 2 is 1.81 bits per heavy atom. The van der Waals surface area contributed by atoms with E-state index >= 15 is 0 Å². The number of carbonyl (C=O) groups excluding carboxylic acids is 2. The van der Waals surface area contributed by atoms with Crippen molar-refractivity contribution in [3.8, 4) is 11.8 Å². The number of likely N-dealkylation sites (tertiary alicyclic amines) is 2. The van der Waals surface area contributed by atoms with E-state index in [9.17, 15) is 9.59 Å². The van der Waals surface area contributed by atoms with Gasteiger partial charge in [0.1, 0.15) is 18.0 Å². The summed E-state index contributed by atoms with van der Waals surface area (Å²) in [5.74, 6) is 1.38. The average molecular weight is 444 g/mol. The smallest absolute Gasteiger partial charge is 0.408 e. The number of rotatable bonds is 6. The maximum atomic E-state index is 12.4. The Morgan fingerprint density at radius 3 is 2.34 bits per heavy atom. The molecule has 9 nitrogen and oxygen atoms in total. The molecule has 174 valence electrons. The number of nitrogens with two attached hydrogens (primary N) is 1. The van der Waals surface area contributed by atoms with E-state index < -0.39 is 11.7 Å². The van der Waals surface area contributed by atoms with Gasteiger partial charge in [0.15, 0.2) is 0 Å². The molecule has 3 atom stereocenters. The molecule has 0 spiro atoms. The van der Waals surface area contributed by atoms with Gasteiger partial charge >= 0.3 is 12.1 Å². The molecule has 2 bridgehead atoms. The molecule has 9 heteroatoms. The summed E-state index contributed by atoms with van der Waals surface area (Å²) in [6, 6.07) is 8.32. The summed E-state index contributed by atoms with van der Waals surface area (Å²) in [5, 5.41) is 11.9. The van der Waals surface area contributed by atoms with Crippen molar-refractivity contribution in [2.24, 2.45) is 17.6 Å². The van der Waals surface area contributed by atoms with Gasteiger partial charge in [-0.25, -0.2) is 9.59 Å². The minimum Gasteiger partial charge on any atom is -0.491 e. The summed E-state index contributed by atoms with van der Waals surface area (Å²) in [7, 11) is 0. The molecule has 1 aromatic carbocycles. The third-order valence-corrected chi connectivity index (χ3v) is 5.60. The lowest BCUT2D eigenvalue weighted by Gasteiger charge is -2.46. The number of amides is 3. The number of alkyl carbamates (subject to hydrolysis) is 1. The van der Waals surface area contributed by atoms with Crippen LogP contribution in [0.5, 0.6) is 5.75 Å². The molecule has 3 N–H and O–H groups in total. The number of nitriles is 1. The zero-order valence-electron chi connectivity index (χ0n) is 19.0. The van der Waals surface area contributed by atoms with E-state index in [2.05, 4.69) is 16.3 Å². The monoisotopic (exact) mass is 443 g/mol. The van der Waals surface area contributed by atoms with Gasteiger partial charge in [0, 0.05) is 32.7 Å². The first-order valence-corrected chi connectivity index (χ1v) is 11.0. The number of nitrogens with zero attached hydrogens (tertiary/aromatic N) is 3. The number of nitrogens with one attached hydrogen (secondary N) is 1. The summed E-state index contributed by atoms with van der Waals surface area (Å²) in [6.45, 7) is 9.38. The molecule has 0 aliphatic carbocycles. The first kappa shape index (κ1) is 23.7. The van der Waals surface area contributed by atoms with Gasteiger partial charge < -0.3 is 30.3 Å². The second-order valence-electron chi connectivity index (χ2n) is 9.72. The number of hydrogen-bond acceptors (Lipinski definition) is 6. The van der Waals surface area contributed by atoms with E-state index in [0.717, 1.165) is 19.5 Å². The molecule has 3 rings (SSSR count). The molecule has 0 saturated carbocycles. The number of piperidine rings is 2. The highest BCUT2D eigenvalue weighted by Gasteiger charge is 2.36. The minimum absolute atomic E-state index is 0.268. The van der Waals surface area contributed by atoms with E-state index in [1.165, 1.54) is 0 Å². The third kappa shape index (κ3) is 7.02. The Balaban J connectivity index is 1.62. The number of carbonyl (C=O) groups is 2. The number of primary amides is 1. The fraction of sp³-hybridized carbons (Fsp3) is 0.609. The number of ether oxygens (including phenoxy) is 2. The fourth-order valence-electron chi connectivity index (χ4n) is 4.47. The van der Waals surface area contributed by atoms with Crippen molar-refractivity contribution in [2.45, 2.75) is 38.8 Å². The van der Waals surface area contributed by atoms with Gasteiger partial charge in [-0.2, -0.15) is 5.26 Å². The summed E-state index contributed by atoms with van der Waals surface area (Å²) in [4.78, 5) is 28.1. The van der Waals surface area contributed by atoms with Crippen molar-refractivity contribution in [1.82, 2.24) is 15.1 Å². The maximum Gasteiger partial charge on any atom is 0.408 e. The highest BCUT2D eigenvalue weighted by atomic mass is 16.6. The normalized spacial score (nSPS) is 21.9. The van der Waals surface area contributed by atoms with Gasteiger partial charge in [-0.3, -0.25) is 0 Å². The lowest BCUT2D eigenvalue weighted by atomic mass is 9.84. The minimum atomic E-state index is -0.594. The van der Waals surface area contributed by atoms with Crippen molar-refractivity contribution >= 4 is 12.1 Å². The second-order valence-corrected chi connectivity index (χ2v) is 9.72. The average Bonchev–Trinajstić information content (AvgIpc) is 2.70. The van der Waals surface area contributed by atoms with Crippen LogP contribution in [0.4, 0.5) is 9.59 Å². The standard InChI is InChI=1S/C23H33N5O4/c1-23(2,3)32-22(30)26-19(15-31-20-6-4-16(9-24)5-7-20)14-27-10-17-8-18(11-27)13-28(12-17)21(25)29/h4-7,17-19H,8,10-15H2,1-3H3,(H2,25,29)(H,26,30). The van der Waals surface area contributed by atoms with Crippen LogP contribution in [0.25, 0.3) is 0 Å². The second kappa shape index (κ2) is 10.1. The van der Waals surface area contributed by atoms with Crippen LogP contribution in [0.2, 0.25) is 0 Å². The quantitative estimate of drug-likeness (QED) is 0.695. The SMILES string of the molecule is CC(C)(C)OC(=O)NC(COc1ccc(C#N)cc1)CN1CC2CC(C1)CN(C(N)=O)C2. The topological polar surface area (TPSA) is 121 Å². The van der Waals surface area contributed by atoms with Crippen LogP contribution in [0.1, 0.15) is 32.8 Å². The van der Waals surface area contributed by atoms with Crippen molar-refractivity contribution in [2.75, 3.05) is 39.3 Å². The van der Waals surface area contributed by atoms with E-state index in [1.807, 2.05) is 20.8 Å². The maximum absolute atomic E-state index is 12.4. The van der Waals surface area contributed by atoms with Crippen LogP contribution in [0.3, 0.4) is 0 Å². The van der Waals surface area contributed by atoms with Gasteiger partial charge in [0.25, 0.3) is 0 Å². The predicted molar refractivity (Wildman–Crippen MR) is 119 cm³/mol. The van der Waals surface area contributed by atoms with Gasteiger partial charge in [-0.15, -0.1) is 0 Å². The van der Waals surface area contributed by atoms with Crippen molar-refractivity contribution in [3.05, 3.63) is 29.8 Å². The summed E-state index contributed by atoms with van der Waals surface area (Å²) in [6.07, 6.45) is 0.606. The Kier molecular flexibility index (Phi) is 7.46. The third-order valence-electron chi connectivity index (χ3n) is 5.60. The number of hydrogen-bond donors (Lipinski definition) is 2. The Bertz CT molecular complexity index is 831. The summed E-state index contributed by atoms with van der Waals surface area (Å²) < 4.78 is 11.3. The van der Waals surface area contributed by atoms with Crippen LogP contribution in [-0.2, 0) is 4.74 Å². The first-order valence-electron chi connectivity index (χ1n) is 11.0. The largest absolute Gasteiger partial charge is 0.491 e. The Hall–Kier alpha value is -2.99. The molecule has 2 aliphatic heterocycles. The van der Waals surface area contributed by atoms with E-state index in [1.54, 1.807) is 29.2 Å². The zero-order chi connectivity index (χ0) is 23.3. The van der Waals surface area contributed by atoms with Crippen LogP contribution >= 0.6 is 0 Å². The number of benzene rings is 1. The summed E-state index contributed by atoms with van der Waals surface area (Å²) in [5.41, 5.74) is 5.45. The molecule has 0 radical (unpaired) electrons. The molecular weight excluding hydrogens is 410 g/mol. The molecular formula is C23H33N5O4. The molecule has 2 heterocycles. The molecule has 3 unspecified atom stereocenters. The molecule has 1 aromatic rings. The number of urea groups is 1. The molecule has 3 amide bonds. The lowest BCUT2D eigenvalue weighted by Crippen LogP contribution is -2.57. The predicted octanol–water partition coefficient (Wildman–Crippen LogP) is 2.16. The van der Waals surface area contributed by atoms with Crippen molar-refractivity contribution in [1.29, 1.82) is 5.26 Å². The molecule has 2 saturated heterocycles. The van der Waals surface area contributed by atoms with Crippen LogP contribution in [0, 0.1) is 23.2 Å². The molecule has 32 heavy (non-hydrogen) atoms. The number of fused-ring (bicyclic) bond motifs is 2. The summed E-state index contributed by atoms with van der Waals surface area (Å²) >= 11 is 0. The highest BCUT2D eigenvalue weighted by Crippen LogP contribution is 2.28. The van der Waals surface area contributed by atoms with Crippen molar-refractivity contribution in [3.63, 3.8) is 0 Å². The van der Waals surface area contributed by atoms with E-state index in [-0.39, 0.29) is 18.7 Å².